The molecule has 1 heterocycles. The molecular weight excluding hydrogens is 286 g/mol. The second kappa shape index (κ2) is 7.14. The van der Waals surface area contributed by atoms with Crippen LogP contribution in [0.15, 0.2) is 18.2 Å². The van der Waals surface area contributed by atoms with E-state index in [9.17, 15) is 4.79 Å². The third kappa shape index (κ3) is 4.35. The number of hydrogen-bond donors (Lipinski definition) is 2. The van der Waals surface area contributed by atoms with Gasteiger partial charge in [-0.15, -0.1) is 0 Å². The van der Waals surface area contributed by atoms with Crippen LogP contribution in [-0.2, 0) is 4.79 Å². The molecule has 21 heavy (non-hydrogen) atoms. The summed E-state index contributed by atoms with van der Waals surface area (Å²) in [7, 11) is 0. The zero-order valence-corrected chi connectivity index (χ0v) is 13.5. The van der Waals surface area contributed by atoms with Gasteiger partial charge in [-0.1, -0.05) is 25.4 Å². The van der Waals surface area contributed by atoms with Crippen molar-refractivity contribution in [3.05, 3.63) is 23.2 Å². The quantitative estimate of drug-likeness (QED) is 0.820. The first-order chi connectivity index (χ1) is 9.97. The maximum atomic E-state index is 12.1. The lowest BCUT2D eigenvalue weighted by Gasteiger charge is -2.27. The second-order valence-electron chi connectivity index (χ2n) is 6.03. The molecule has 0 aromatic heterocycles. The Bertz CT molecular complexity index is 504. The number of carbonyl (C=O) groups is 1. The Morgan fingerprint density at radius 2 is 2.29 bits per heavy atom. The lowest BCUT2D eigenvalue weighted by atomic mass is 10.0. The van der Waals surface area contributed by atoms with Crippen molar-refractivity contribution in [2.45, 2.75) is 39.2 Å². The van der Waals surface area contributed by atoms with Gasteiger partial charge in [0.25, 0.3) is 0 Å². The number of halogens is 1. The molecule has 2 rings (SSSR count). The Kier molecular flexibility index (Phi) is 5.48. The lowest BCUT2D eigenvalue weighted by molar-refractivity contribution is -0.116. The van der Waals surface area contributed by atoms with E-state index in [1.165, 1.54) is 12.8 Å². The van der Waals surface area contributed by atoms with E-state index in [2.05, 4.69) is 24.1 Å². The number of anilines is 2. The molecule has 116 valence electrons. The van der Waals surface area contributed by atoms with Crippen molar-refractivity contribution in [2.75, 3.05) is 24.1 Å². The summed E-state index contributed by atoms with van der Waals surface area (Å²) in [5.41, 5.74) is 6.85. The monoisotopic (exact) mass is 309 g/mol. The van der Waals surface area contributed by atoms with E-state index < -0.39 is 0 Å². The largest absolute Gasteiger partial charge is 0.399 e. The summed E-state index contributed by atoms with van der Waals surface area (Å²) in [6.07, 6.45) is 2.96. The Morgan fingerprint density at radius 3 is 2.95 bits per heavy atom. The van der Waals surface area contributed by atoms with Crippen LogP contribution in [0.3, 0.4) is 0 Å². The highest BCUT2D eigenvalue weighted by Crippen LogP contribution is 2.25. The van der Waals surface area contributed by atoms with Crippen LogP contribution in [0.25, 0.3) is 0 Å². The van der Waals surface area contributed by atoms with Crippen LogP contribution in [0.1, 0.15) is 33.1 Å². The molecule has 1 aromatic rings. The number of hydrogen-bond acceptors (Lipinski definition) is 3. The molecule has 1 unspecified atom stereocenters. The van der Waals surface area contributed by atoms with E-state index in [1.807, 2.05) is 0 Å². The first kappa shape index (κ1) is 16.1. The van der Waals surface area contributed by atoms with Crippen molar-refractivity contribution in [3.8, 4) is 0 Å². The van der Waals surface area contributed by atoms with E-state index in [4.69, 9.17) is 17.3 Å². The van der Waals surface area contributed by atoms with Crippen molar-refractivity contribution in [1.29, 1.82) is 0 Å². The summed E-state index contributed by atoms with van der Waals surface area (Å²) >= 11 is 6.06. The smallest absolute Gasteiger partial charge is 0.225 e. The van der Waals surface area contributed by atoms with Gasteiger partial charge in [-0.3, -0.25) is 9.69 Å². The van der Waals surface area contributed by atoms with Crippen LogP contribution in [0.2, 0.25) is 5.02 Å². The van der Waals surface area contributed by atoms with Crippen molar-refractivity contribution < 1.29 is 4.79 Å². The fraction of sp³-hybridized carbons (Fsp3) is 0.562. The molecule has 1 aromatic carbocycles. The van der Waals surface area contributed by atoms with Crippen LogP contribution in [-0.4, -0.2) is 29.9 Å². The molecule has 1 aliphatic heterocycles. The lowest BCUT2D eigenvalue weighted by Crippen LogP contribution is -2.35. The highest BCUT2D eigenvalue weighted by molar-refractivity contribution is 6.34. The Balaban J connectivity index is 1.85. The van der Waals surface area contributed by atoms with E-state index >= 15 is 0 Å². The van der Waals surface area contributed by atoms with Crippen LogP contribution >= 0.6 is 11.6 Å². The number of nitrogens with two attached hydrogens (primary N) is 1. The topological polar surface area (TPSA) is 58.4 Å². The maximum absolute atomic E-state index is 12.1. The van der Waals surface area contributed by atoms with Crippen molar-refractivity contribution in [2.24, 2.45) is 5.92 Å². The third-order valence-electron chi connectivity index (χ3n) is 4.08. The van der Waals surface area contributed by atoms with Crippen LogP contribution in [0.5, 0.6) is 0 Å². The molecule has 0 bridgehead atoms. The first-order valence-corrected chi connectivity index (χ1v) is 7.94. The SMILES string of the molecule is CC(C)C1CCCN1CCC(=O)Nc1ccc(N)cc1Cl. The number of nitrogens with zero attached hydrogens (tertiary/aromatic N) is 1. The number of benzene rings is 1. The molecule has 0 aliphatic carbocycles. The minimum Gasteiger partial charge on any atom is -0.399 e. The number of rotatable bonds is 5. The van der Waals surface area contributed by atoms with Crippen LogP contribution in [0, 0.1) is 5.92 Å². The molecule has 1 atom stereocenters. The third-order valence-corrected chi connectivity index (χ3v) is 4.39. The van der Waals surface area contributed by atoms with Gasteiger partial charge >= 0.3 is 0 Å². The number of amides is 1. The molecule has 0 saturated carbocycles. The van der Waals surface area contributed by atoms with Crippen molar-refractivity contribution >= 4 is 28.9 Å². The maximum Gasteiger partial charge on any atom is 0.225 e. The van der Waals surface area contributed by atoms with Gasteiger partial charge in [-0.25, -0.2) is 0 Å². The molecule has 0 spiro atoms. The molecule has 1 amide bonds. The Labute approximate surface area is 131 Å². The molecule has 1 saturated heterocycles. The highest BCUT2D eigenvalue weighted by atomic mass is 35.5. The van der Waals surface area contributed by atoms with Gasteiger partial charge in [0.1, 0.15) is 0 Å². The number of likely N-dealkylation sites (tertiary alicyclic amines) is 1. The zero-order valence-electron chi connectivity index (χ0n) is 12.7. The zero-order chi connectivity index (χ0) is 15.4. The predicted octanol–water partition coefficient (Wildman–Crippen LogP) is 3.37. The Morgan fingerprint density at radius 1 is 1.52 bits per heavy atom. The summed E-state index contributed by atoms with van der Waals surface area (Å²) < 4.78 is 0. The first-order valence-electron chi connectivity index (χ1n) is 7.56. The Hall–Kier alpha value is -1.26. The van der Waals surface area contributed by atoms with Gasteiger partial charge in [-0.2, -0.15) is 0 Å². The molecule has 3 N–H and O–H groups in total. The summed E-state index contributed by atoms with van der Waals surface area (Å²) in [6.45, 7) is 6.40. The van der Waals surface area contributed by atoms with Gasteiger partial charge in [-0.05, 0) is 43.5 Å². The summed E-state index contributed by atoms with van der Waals surface area (Å²) in [4.78, 5) is 14.5. The molecule has 5 heteroatoms. The average molecular weight is 310 g/mol. The fourth-order valence-corrected chi connectivity index (χ4v) is 3.21. The molecule has 1 fully saturated rings. The molecular formula is C16H24ClN3O. The minimum absolute atomic E-state index is 0.00363. The molecule has 4 nitrogen and oxygen atoms in total. The van der Waals surface area contributed by atoms with E-state index in [1.54, 1.807) is 18.2 Å². The fourth-order valence-electron chi connectivity index (χ4n) is 2.98. The van der Waals surface area contributed by atoms with Crippen LogP contribution in [0.4, 0.5) is 11.4 Å². The average Bonchev–Trinajstić information content (AvgIpc) is 2.88. The number of nitrogens with one attached hydrogen (secondary N) is 1. The normalized spacial score (nSPS) is 19.1. The van der Waals surface area contributed by atoms with Gasteiger partial charge in [0.2, 0.25) is 5.91 Å². The standard InChI is InChI=1S/C16H24ClN3O/c1-11(2)15-4-3-8-20(15)9-7-16(21)19-14-6-5-12(18)10-13(14)17/h5-6,10-11,15H,3-4,7-9,18H2,1-2H3,(H,19,21). The van der Waals surface area contributed by atoms with Gasteiger partial charge in [0.05, 0.1) is 10.7 Å². The van der Waals surface area contributed by atoms with Crippen LogP contribution < -0.4 is 11.1 Å². The van der Waals surface area contributed by atoms with E-state index in [-0.39, 0.29) is 5.91 Å². The van der Waals surface area contributed by atoms with Gasteiger partial charge < -0.3 is 11.1 Å². The second-order valence-corrected chi connectivity index (χ2v) is 6.43. The van der Waals surface area contributed by atoms with Crippen molar-refractivity contribution in [1.82, 2.24) is 4.90 Å². The summed E-state index contributed by atoms with van der Waals surface area (Å²) in [5, 5.41) is 3.33. The van der Waals surface area contributed by atoms with Gasteiger partial charge in [0.15, 0.2) is 0 Å². The summed E-state index contributed by atoms with van der Waals surface area (Å²) in [5.74, 6) is 0.637. The van der Waals surface area contributed by atoms with Gasteiger partial charge in [0, 0.05) is 24.7 Å². The molecule has 0 radical (unpaired) electrons. The minimum atomic E-state index is -0.00363. The molecule has 1 aliphatic rings. The van der Waals surface area contributed by atoms with E-state index in [0.29, 0.717) is 34.8 Å². The van der Waals surface area contributed by atoms with Crippen molar-refractivity contribution in [3.63, 3.8) is 0 Å². The predicted molar refractivity (Wildman–Crippen MR) is 88.5 cm³/mol. The highest BCUT2D eigenvalue weighted by Gasteiger charge is 2.26. The number of nitrogen functional groups attached to an aromatic ring is 1. The summed E-state index contributed by atoms with van der Waals surface area (Å²) in [6, 6.07) is 5.73. The number of carbonyl (C=O) groups excluding carboxylic acids is 1. The van der Waals surface area contributed by atoms with E-state index in [0.717, 1.165) is 13.1 Å².